The summed E-state index contributed by atoms with van der Waals surface area (Å²) in [7, 11) is 0. The number of rotatable bonds is 2. The van der Waals surface area contributed by atoms with Gasteiger partial charge in [0.1, 0.15) is 0 Å². The number of hydrogen-bond acceptors (Lipinski definition) is 1. The summed E-state index contributed by atoms with van der Waals surface area (Å²) >= 11 is 5.84. The Morgan fingerprint density at radius 3 is 2.44 bits per heavy atom. The van der Waals surface area contributed by atoms with Gasteiger partial charge >= 0.3 is 0 Å². The zero-order valence-corrected chi connectivity index (χ0v) is 14.1. The third kappa shape index (κ3) is 2.95. The zero-order valence-electron chi connectivity index (χ0n) is 10.4. The topological polar surface area (TPSA) is 26.0 Å². The van der Waals surface area contributed by atoms with Gasteiger partial charge in [0.25, 0.3) is 0 Å². The van der Waals surface area contributed by atoms with Gasteiger partial charge in [-0.3, -0.25) is 0 Å². The van der Waals surface area contributed by atoms with Crippen LogP contribution in [0.3, 0.4) is 0 Å². The van der Waals surface area contributed by atoms with Crippen molar-refractivity contribution in [1.29, 1.82) is 0 Å². The van der Waals surface area contributed by atoms with Crippen molar-refractivity contribution in [2.45, 2.75) is 19.9 Å². The Morgan fingerprint density at radius 1 is 1.06 bits per heavy atom. The van der Waals surface area contributed by atoms with Crippen LogP contribution in [0.2, 0.25) is 0 Å². The summed E-state index contributed by atoms with van der Waals surface area (Å²) in [6, 6.07) is 12.6. The van der Waals surface area contributed by atoms with Gasteiger partial charge in [0.2, 0.25) is 0 Å². The lowest BCUT2D eigenvalue weighted by molar-refractivity contribution is 0.861. The fraction of sp³-hybridized carbons (Fsp3) is 0.200. The number of aryl methyl sites for hydroxylation is 2. The molecule has 2 N–H and O–H groups in total. The first kappa shape index (κ1) is 14.0. The standard InChI is InChI=1S/C15H15BrIN/c1-9-3-4-11(7-10(9)2)15(18)13-8-12(16)5-6-14(13)17/h3-8,15H,18H2,1-2H3. The highest BCUT2D eigenvalue weighted by molar-refractivity contribution is 14.1. The first-order chi connectivity index (χ1) is 8.49. The maximum absolute atomic E-state index is 6.38. The number of nitrogens with two attached hydrogens (primary N) is 1. The molecular formula is C15H15BrIN. The van der Waals surface area contributed by atoms with Crippen molar-refractivity contribution in [3.05, 3.63) is 66.7 Å². The van der Waals surface area contributed by atoms with Crippen molar-refractivity contribution in [2.24, 2.45) is 5.73 Å². The van der Waals surface area contributed by atoms with Crippen LogP contribution in [-0.4, -0.2) is 0 Å². The highest BCUT2D eigenvalue weighted by atomic mass is 127. The quantitative estimate of drug-likeness (QED) is 0.705. The molecule has 18 heavy (non-hydrogen) atoms. The van der Waals surface area contributed by atoms with Crippen LogP contribution < -0.4 is 5.73 Å². The Hall–Kier alpha value is -0.390. The molecule has 0 aliphatic heterocycles. The molecule has 2 rings (SSSR count). The lowest BCUT2D eigenvalue weighted by Gasteiger charge is -2.16. The normalized spacial score (nSPS) is 12.5. The van der Waals surface area contributed by atoms with E-state index in [1.165, 1.54) is 14.7 Å². The van der Waals surface area contributed by atoms with E-state index < -0.39 is 0 Å². The molecule has 0 amide bonds. The van der Waals surface area contributed by atoms with E-state index in [4.69, 9.17) is 5.73 Å². The van der Waals surface area contributed by atoms with Gasteiger partial charge < -0.3 is 5.73 Å². The Morgan fingerprint density at radius 2 is 1.78 bits per heavy atom. The molecule has 3 heteroatoms. The molecule has 1 unspecified atom stereocenters. The largest absolute Gasteiger partial charge is 0.320 e. The van der Waals surface area contributed by atoms with Crippen molar-refractivity contribution in [3.63, 3.8) is 0 Å². The van der Waals surface area contributed by atoms with Crippen molar-refractivity contribution >= 4 is 38.5 Å². The van der Waals surface area contributed by atoms with Gasteiger partial charge in [-0.25, -0.2) is 0 Å². The van der Waals surface area contributed by atoms with Crippen LogP contribution >= 0.6 is 38.5 Å². The predicted molar refractivity (Wildman–Crippen MR) is 88.8 cm³/mol. The molecule has 1 nitrogen and oxygen atoms in total. The molecule has 2 aromatic carbocycles. The van der Waals surface area contributed by atoms with E-state index >= 15 is 0 Å². The average Bonchev–Trinajstić information content (AvgIpc) is 2.35. The summed E-state index contributed by atoms with van der Waals surface area (Å²) in [4.78, 5) is 0. The van der Waals surface area contributed by atoms with E-state index in [2.05, 4.69) is 82.7 Å². The molecule has 0 aliphatic rings. The number of hydrogen-bond donors (Lipinski definition) is 1. The molecule has 0 saturated carbocycles. The minimum Gasteiger partial charge on any atom is -0.320 e. The molecular weight excluding hydrogens is 401 g/mol. The van der Waals surface area contributed by atoms with E-state index in [0.717, 1.165) is 15.6 Å². The second kappa shape index (κ2) is 5.72. The molecule has 94 valence electrons. The van der Waals surface area contributed by atoms with Crippen molar-refractivity contribution in [3.8, 4) is 0 Å². The zero-order chi connectivity index (χ0) is 13.3. The Bertz CT molecular complexity index is 581. The van der Waals surface area contributed by atoms with Crippen molar-refractivity contribution in [2.75, 3.05) is 0 Å². The van der Waals surface area contributed by atoms with Gasteiger partial charge in [0.15, 0.2) is 0 Å². The highest BCUT2D eigenvalue weighted by Gasteiger charge is 2.13. The summed E-state index contributed by atoms with van der Waals surface area (Å²) < 4.78 is 2.26. The maximum atomic E-state index is 6.38. The SMILES string of the molecule is Cc1ccc(C(N)c2cc(Br)ccc2I)cc1C. The summed E-state index contributed by atoms with van der Waals surface area (Å²) in [5.74, 6) is 0. The molecule has 0 aromatic heterocycles. The number of halogens is 2. The molecule has 0 radical (unpaired) electrons. The van der Waals surface area contributed by atoms with Gasteiger partial charge in [0, 0.05) is 8.04 Å². The molecule has 0 heterocycles. The third-order valence-electron chi connectivity index (χ3n) is 3.18. The van der Waals surface area contributed by atoms with E-state index in [1.54, 1.807) is 0 Å². The van der Waals surface area contributed by atoms with Gasteiger partial charge in [-0.15, -0.1) is 0 Å². The second-order valence-corrected chi connectivity index (χ2v) is 6.57. The fourth-order valence-electron chi connectivity index (χ4n) is 1.89. The smallest absolute Gasteiger partial charge is 0.0562 e. The Kier molecular flexibility index (Phi) is 4.45. The Labute approximate surface area is 130 Å². The van der Waals surface area contributed by atoms with E-state index in [-0.39, 0.29) is 6.04 Å². The minimum atomic E-state index is -0.0753. The van der Waals surface area contributed by atoms with Gasteiger partial charge in [-0.2, -0.15) is 0 Å². The molecule has 2 aromatic rings. The molecule has 0 aliphatic carbocycles. The third-order valence-corrected chi connectivity index (χ3v) is 4.66. The van der Waals surface area contributed by atoms with Gasteiger partial charge in [-0.1, -0.05) is 34.1 Å². The monoisotopic (exact) mass is 415 g/mol. The Balaban J connectivity index is 2.44. The van der Waals surface area contributed by atoms with E-state index in [0.29, 0.717) is 0 Å². The summed E-state index contributed by atoms with van der Waals surface area (Å²) in [5, 5.41) is 0. The lowest BCUT2D eigenvalue weighted by Crippen LogP contribution is -2.13. The van der Waals surface area contributed by atoms with Crippen LogP contribution in [0.15, 0.2) is 40.9 Å². The predicted octanol–water partition coefficient (Wildman–Crippen LogP) is 4.72. The average molecular weight is 416 g/mol. The molecule has 1 atom stereocenters. The highest BCUT2D eigenvalue weighted by Crippen LogP contribution is 2.28. The maximum Gasteiger partial charge on any atom is 0.0562 e. The molecule has 0 saturated heterocycles. The molecule has 0 spiro atoms. The van der Waals surface area contributed by atoms with Crippen LogP contribution in [0.4, 0.5) is 0 Å². The summed E-state index contributed by atoms with van der Waals surface area (Å²) in [5.41, 5.74) is 11.3. The van der Waals surface area contributed by atoms with E-state index in [9.17, 15) is 0 Å². The first-order valence-corrected chi connectivity index (χ1v) is 7.64. The van der Waals surface area contributed by atoms with Gasteiger partial charge in [-0.05, 0) is 76.9 Å². The van der Waals surface area contributed by atoms with Crippen LogP contribution in [0, 0.1) is 17.4 Å². The van der Waals surface area contributed by atoms with Crippen LogP contribution in [0.5, 0.6) is 0 Å². The second-order valence-electron chi connectivity index (χ2n) is 4.49. The first-order valence-electron chi connectivity index (χ1n) is 5.76. The van der Waals surface area contributed by atoms with Crippen molar-refractivity contribution < 1.29 is 0 Å². The van der Waals surface area contributed by atoms with Crippen molar-refractivity contribution in [1.82, 2.24) is 0 Å². The lowest BCUT2D eigenvalue weighted by atomic mass is 9.96. The van der Waals surface area contributed by atoms with Crippen LogP contribution in [-0.2, 0) is 0 Å². The minimum absolute atomic E-state index is 0.0753. The number of benzene rings is 2. The summed E-state index contributed by atoms with van der Waals surface area (Å²) in [6.07, 6.45) is 0. The van der Waals surface area contributed by atoms with E-state index in [1.807, 2.05) is 6.07 Å². The van der Waals surface area contributed by atoms with Crippen LogP contribution in [0.25, 0.3) is 0 Å². The van der Waals surface area contributed by atoms with Crippen LogP contribution in [0.1, 0.15) is 28.3 Å². The fourth-order valence-corrected chi connectivity index (χ4v) is 2.94. The summed E-state index contributed by atoms with van der Waals surface area (Å²) in [6.45, 7) is 4.24. The molecule has 0 bridgehead atoms. The molecule has 0 fully saturated rings. The van der Waals surface area contributed by atoms with Gasteiger partial charge in [0.05, 0.1) is 6.04 Å².